The molecule has 1 aliphatic carbocycles. The van der Waals surface area contributed by atoms with E-state index in [0.29, 0.717) is 17.1 Å². The van der Waals surface area contributed by atoms with Crippen LogP contribution >= 0.6 is 11.8 Å². The fourth-order valence-electron chi connectivity index (χ4n) is 4.73. The third-order valence-corrected chi connectivity index (χ3v) is 7.73. The number of hydrogen-bond donors (Lipinski definition) is 1. The second kappa shape index (κ2) is 5.80. The summed E-state index contributed by atoms with van der Waals surface area (Å²) >= 11 is 1.98. The smallest absolute Gasteiger partial charge is 0.196 e. The summed E-state index contributed by atoms with van der Waals surface area (Å²) in [6.07, 6.45) is 8.82. The molecule has 25 heavy (non-hydrogen) atoms. The van der Waals surface area contributed by atoms with Crippen LogP contribution in [0.25, 0.3) is 0 Å². The molecule has 0 saturated carbocycles. The maximum atomic E-state index is 7.64. The van der Waals surface area contributed by atoms with Crippen molar-refractivity contribution in [2.45, 2.75) is 51.4 Å². The number of allylic oxidation sites excluding steroid dienone is 4. The minimum absolute atomic E-state index is 0.149. The minimum Gasteiger partial charge on any atom is -0.472 e. The maximum absolute atomic E-state index is 7.64. The van der Waals surface area contributed by atoms with Crippen molar-refractivity contribution < 1.29 is 8.85 Å². The molecule has 0 aromatic rings. The van der Waals surface area contributed by atoms with Crippen LogP contribution in [0.2, 0.25) is 0 Å². The Hall–Kier alpha value is -1.42. The lowest BCUT2D eigenvalue weighted by atomic mass is 9.79. The van der Waals surface area contributed by atoms with Gasteiger partial charge in [-0.1, -0.05) is 19.9 Å². The van der Waals surface area contributed by atoms with Crippen LogP contribution in [-0.2, 0) is 4.74 Å². The molecule has 5 aliphatic rings. The molecule has 4 heteroatoms. The predicted molar refractivity (Wildman–Crippen MR) is 104 cm³/mol. The molecule has 1 N–H and O–H groups in total. The second-order valence-corrected chi connectivity index (χ2v) is 9.13. The Bertz CT molecular complexity index is 867. The Morgan fingerprint density at radius 3 is 3.20 bits per heavy atom. The largest absolute Gasteiger partial charge is 0.472 e. The van der Waals surface area contributed by atoms with E-state index in [0.717, 1.165) is 31.6 Å². The first-order valence-electron chi connectivity index (χ1n) is 10.8. The van der Waals surface area contributed by atoms with Crippen LogP contribution in [0.15, 0.2) is 50.7 Å². The molecule has 4 aliphatic heterocycles. The molecule has 4 heterocycles. The van der Waals surface area contributed by atoms with Crippen molar-refractivity contribution in [3.8, 4) is 0 Å². The molecule has 5 atom stereocenters. The Kier molecular flexibility index (Phi) is 2.98. The predicted octanol–water partition coefficient (Wildman–Crippen LogP) is 4.56. The van der Waals surface area contributed by atoms with E-state index >= 15 is 0 Å². The number of nitrogens with zero attached hydrogens (tertiary/aromatic N) is 1. The number of ether oxygens (including phenoxy) is 1. The molecule has 1 saturated heterocycles. The van der Waals surface area contributed by atoms with Gasteiger partial charge in [0.2, 0.25) is 0 Å². The fourth-order valence-corrected chi connectivity index (χ4v) is 6.09. The molecule has 0 spiro atoms. The van der Waals surface area contributed by atoms with Crippen molar-refractivity contribution in [3.63, 3.8) is 0 Å². The monoisotopic (exact) mass is 357 g/mol. The van der Waals surface area contributed by atoms with Gasteiger partial charge in [-0.3, -0.25) is 0 Å². The topological polar surface area (TPSA) is 33.6 Å². The number of rotatable bonds is 1. The number of aliphatic imine (C=N–C) groups is 1. The van der Waals surface area contributed by atoms with Gasteiger partial charge in [-0.05, 0) is 49.8 Å². The van der Waals surface area contributed by atoms with Gasteiger partial charge < -0.3 is 10.1 Å². The number of thioether (sulfide) groups is 1. The summed E-state index contributed by atoms with van der Waals surface area (Å²) in [6.45, 7) is 3.35. The van der Waals surface area contributed by atoms with Crippen LogP contribution in [0.3, 0.4) is 0 Å². The van der Waals surface area contributed by atoms with Crippen molar-refractivity contribution in [3.05, 3.63) is 45.7 Å². The number of dihydropyridines is 2. The zero-order valence-corrected chi connectivity index (χ0v) is 15.5. The van der Waals surface area contributed by atoms with Gasteiger partial charge in [0.05, 0.1) is 0 Å². The molecule has 0 aromatic carbocycles. The van der Waals surface area contributed by atoms with Crippen molar-refractivity contribution in [1.82, 2.24) is 5.32 Å². The summed E-state index contributed by atoms with van der Waals surface area (Å²) in [5.74, 6) is 2.11. The molecule has 0 aromatic heterocycles. The van der Waals surface area contributed by atoms with Gasteiger partial charge in [-0.2, -0.15) is 0 Å². The molecule has 132 valence electrons. The lowest BCUT2D eigenvalue weighted by Crippen LogP contribution is -2.26. The van der Waals surface area contributed by atoms with E-state index in [9.17, 15) is 0 Å². The van der Waals surface area contributed by atoms with Gasteiger partial charge in [-0.15, -0.1) is 11.8 Å². The molecule has 5 rings (SSSR count). The molecular weight excluding hydrogens is 328 g/mol. The third-order valence-electron chi connectivity index (χ3n) is 6.31. The highest BCUT2D eigenvalue weighted by atomic mass is 32.2. The zero-order chi connectivity index (χ0) is 19.6. The van der Waals surface area contributed by atoms with E-state index in [-0.39, 0.29) is 11.6 Å². The van der Waals surface area contributed by atoms with Crippen LogP contribution in [0, 0.1) is 17.8 Å². The molecule has 2 unspecified atom stereocenters. The Balaban J connectivity index is 1.48. The molecule has 1 fully saturated rings. The van der Waals surface area contributed by atoms with E-state index in [1.807, 2.05) is 17.8 Å². The van der Waals surface area contributed by atoms with Crippen LogP contribution in [0.4, 0.5) is 0 Å². The summed E-state index contributed by atoms with van der Waals surface area (Å²) in [7, 11) is 0. The van der Waals surface area contributed by atoms with Gasteiger partial charge in [-0.25, -0.2) is 4.99 Å². The highest BCUT2D eigenvalue weighted by Gasteiger charge is 2.44. The first kappa shape index (κ1) is 12.9. The quantitative estimate of drug-likeness (QED) is 0.747. The highest BCUT2D eigenvalue weighted by Crippen LogP contribution is 2.49. The van der Waals surface area contributed by atoms with Crippen LogP contribution in [-0.4, -0.2) is 23.7 Å². The molecular formula is C21H26N2OS. The summed E-state index contributed by atoms with van der Waals surface area (Å²) in [6, 6.07) is 0. The Morgan fingerprint density at radius 2 is 2.32 bits per heavy atom. The molecule has 0 bridgehead atoms. The molecule has 0 radical (unpaired) electrons. The van der Waals surface area contributed by atoms with Crippen molar-refractivity contribution in [2.24, 2.45) is 22.7 Å². The Labute approximate surface area is 158 Å². The zero-order valence-electron chi connectivity index (χ0n) is 17.7. The highest BCUT2D eigenvalue weighted by molar-refractivity contribution is 8.04. The van der Waals surface area contributed by atoms with Gasteiger partial charge in [0.25, 0.3) is 0 Å². The standard InChI is InChI=1S/C21H26N2OS/c1-11-7-8-15-14-5-4-6-16(20(14)24-21(15)23-11)18-9-19-17(10-22-18)12(2)13(3)25-19/h7-9,12-15,21-22H,4-6,10H2,1-3H3/t12-,13+,14?,15?,21+/m1/s1/i1D3. The summed E-state index contributed by atoms with van der Waals surface area (Å²) in [4.78, 5) is 5.87. The van der Waals surface area contributed by atoms with Crippen molar-refractivity contribution in [2.75, 3.05) is 6.54 Å². The van der Waals surface area contributed by atoms with Crippen LogP contribution in [0.1, 0.15) is 44.1 Å². The van der Waals surface area contributed by atoms with E-state index in [1.54, 1.807) is 6.08 Å². The van der Waals surface area contributed by atoms with Crippen LogP contribution < -0.4 is 5.32 Å². The van der Waals surface area contributed by atoms with E-state index in [4.69, 9.17) is 8.85 Å². The summed E-state index contributed by atoms with van der Waals surface area (Å²) in [5, 5.41) is 4.27. The first-order chi connectivity index (χ1) is 13.3. The van der Waals surface area contributed by atoms with Gasteiger partial charge in [0.1, 0.15) is 5.76 Å². The average Bonchev–Trinajstić information content (AvgIpc) is 3.17. The summed E-state index contributed by atoms with van der Waals surface area (Å²) < 4.78 is 29.2. The number of hydrogen-bond acceptors (Lipinski definition) is 4. The number of nitrogens with one attached hydrogen (secondary N) is 1. The molecule has 0 amide bonds. The van der Waals surface area contributed by atoms with Gasteiger partial charge in [0, 0.05) is 49.6 Å². The SMILES string of the molecule is [2H]C([2H])([2H])C1=N[C@H]2OC3=C(C4=CC5=C(CN4)[C@H](C)[C@H](C)S5)CCCC3C2C=C1. The van der Waals surface area contributed by atoms with E-state index < -0.39 is 13.1 Å². The molecule has 3 nitrogen and oxygen atoms in total. The maximum Gasteiger partial charge on any atom is 0.196 e. The van der Waals surface area contributed by atoms with Gasteiger partial charge in [0.15, 0.2) is 6.23 Å². The Morgan fingerprint density at radius 1 is 1.40 bits per heavy atom. The van der Waals surface area contributed by atoms with E-state index in [2.05, 4.69) is 30.2 Å². The van der Waals surface area contributed by atoms with Crippen molar-refractivity contribution in [1.29, 1.82) is 0 Å². The summed E-state index contributed by atoms with van der Waals surface area (Å²) in [5.41, 5.74) is 4.14. The second-order valence-electron chi connectivity index (χ2n) is 7.71. The van der Waals surface area contributed by atoms with Crippen molar-refractivity contribution >= 4 is 17.5 Å². The third kappa shape index (κ3) is 2.44. The first-order valence-corrected chi connectivity index (χ1v) is 10.2. The normalized spacial score (nSPS) is 41.5. The van der Waals surface area contributed by atoms with Gasteiger partial charge >= 0.3 is 0 Å². The average molecular weight is 358 g/mol. The minimum atomic E-state index is -2.18. The lowest BCUT2D eigenvalue weighted by Gasteiger charge is -2.27. The van der Waals surface area contributed by atoms with E-state index in [1.165, 1.54) is 21.7 Å². The lowest BCUT2D eigenvalue weighted by molar-refractivity contribution is 0.148. The van der Waals surface area contributed by atoms with Crippen LogP contribution in [0.5, 0.6) is 0 Å². The fraction of sp³-hybridized carbons (Fsp3) is 0.571. The number of fused-ring (bicyclic) bond motifs is 3.